The van der Waals surface area contributed by atoms with Gasteiger partial charge < -0.3 is 4.74 Å². The first-order valence-electron chi connectivity index (χ1n) is 8.31. The molecule has 0 N–H and O–H groups in total. The molecule has 0 amide bonds. The Bertz CT molecular complexity index is 724. The monoisotopic (exact) mass is 354 g/mol. The molecule has 0 aromatic heterocycles. The standard InChI is InChI=1S/C16H22N2O5S/c1-23-15-11-14(18(19)20)9-10-16(15)24(21,22)17(13-7-8-13)12-5-3-2-4-6-12/h9-13H,2-8H2,1H3. The third kappa shape index (κ3) is 3.25. The minimum atomic E-state index is -3.74. The maximum atomic E-state index is 13.3. The van der Waals surface area contributed by atoms with Gasteiger partial charge >= 0.3 is 0 Å². The zero-order valence-corrected chi connectivity index (χ0v) is 14.5. The Labute approximate surface area is 141 Å². The first-order valence-corrected chi connectivity index (χ1v) is 9.75. The van der Waals surface area contributed by atoms with Crippen molar-refractivity contribution in [3.63, 3.8) is 0 Å². The highest BCUT2D eigenvalue weighted by Crippen LogP contribution is 2.40. The van der Waals surface area contributed by atoms with E-state index in [9.17, 15) is 18.5 Å². The van der Waals surface area contributed by atoms with Crippen LogP contribution in [-0.2, 0) is 10.0 Å². The number of ether oxygens (including phenoxy) is 1. The lowest BCUT2D eigenvalue weighted by atomic mass is 9.95. The average Bonchev–Trinajstić information content (AvgIpc) is 3.39. The normalized spacial score (nSPS) is 19.4. The number of nitro benzene ring substituents is 1. The lowest BCUT2D eigenvalue weighted by molar-refractivity contribution is -0.385. The Morgan fingerprint density at radius 2 is 1.75 bits per heavy atom. The van der Waals surface area contributed by atoms with E-state index in [0.29, 0.717) is 0 Å². The van der Waals surface area contributed by atoms with Gasteiger partial charge in [0.05, 0.1) is 18.1 Å². The lowest BCUT2D eigenvalue weighted by Gasteiger charge is -2.33. The van der Waals surface area contributed by atoms with Gasteiger partial charge in [0.15, 0.2) is 0 Å². The van der Waals surface area contributed by atoms with Crippen molar-refractivity contribution in [1.29, 1.82) is 0 Å². The highest BCUT2D eigenvalue weighted by Gasteiger charge is 2.43. The Morgan fingerprint density at radius 1 is 1.12 bits per heavy atom. The van der Waals surface area contributed by atoms with Crippen LogP contribution in [-0.4, -0.2) is 36.8 Å². The van der Waals surface area contributed by atoms with E-state index < -0.39 is 14.9 Å². The fourth-order valence-corrected chi connectivity index (χ4v) is 5.52. The van der Waals surface area contributed by atoms with Gasteiger partial charge in [-0.15, -0.1) is 0 Å². The fourth-order valence-electron chi connectivity index (χ4n) is 3.45. The molecule has 8 heteroatoms. The maximum absolute atomic E-state index is 13.3. The number of hydrogen-bond acceptors (Lipinski definition) is 5. The Balaban J connectivity index is 2.00. The SMILES string of the molecule is COc1cc([N+](=O)[O-])ccc1S(=O)(=O)N(C1CCCCC1)C1CC1. The van der Waals surface area contributed by atoms with Crippen LogP contribution in [0.2, 0.25) is 0 Å². The number of benzene rings is 1. The van der Waals surface area contributed by atoms with E-state index >= 15 is 0 Å². The summed E-state index contributed by atoms with van der Waals surface area (Å²) in [5, 5.41) is 10.9. The molecule has 0 saturated heterocycles. The number of nitrogens with zero attached hydrogens (tertiary/aromatic N) is 2. The molecule has 0 atom stereocenters. The van der Waals surface area contributed by atoms with E-state index in [1.807, 2.05) is 0 Å². The number of methoxy groups -OCH3 is 1. The number of non-ortho nitro benzene ring substituents is 1. The molecule has 0 spiro atoms. The molecule has 1 aromatic carbocycles. The van der Waals surface area contributed by atoms with Gasteiger partial charge in [-0.1, -0.05) is 19.3 Å². The number of hydrogen-bond donors (Lipinski definition) is 0. The molecule has 2 saturated carbocycles. The molecule has 2 aliphatic rings. The van der Waals surface area contributed by atoms with Crippen molar-refractivity contribution >= 4 is 15.7 Å². The second kappa shape index (κ2) is 6.68. The quantitative estimate of drug-likeness (QED) is 0.578. The molecule has 0 unspecified atom stereocenters. The minimum absolute atomic E-state index is 0.0214. The van der Waals surface area contributed by atoms with Gasteiger partial charge in [0.2, 0.25) is 10.0 Å². The van der Waals surface area contributed by atoms with Crippen LogP contribution < -0.4 is 4.74 Å². The van der Waals surface area contributed by atoms with Crippen molar-refractivity contribution in [3.8, 4) is 5.75 Å². The van der Waals surface area contributed by atoms with Crippen LogP contribution >= 0.6 is 0 Å². The molecular formula is C16H22N2O5S. The largest absolute Gasteiger partial charge is 0.495 e. The van der Waals surface area contributed by atoms with Crippen LogP contribution in [0.4, 0.5) is 5.69 Å². The number of nitro groups is 1. The molecule has 1 aromatic rings. The molecule has 24 heavy (non-hydrogen) atoms. The second-order valence-corrected chi connectivity index (χ2v) is 8.26. The summed E-state index contributed by atoms with van der Waals surface area (Å²) in [4.78, 5) is 10.4. The summed E-state index contributed by atoms with van der Waals surface area (Å²) < 4.78 is 33.3. The van der Waals surface area contributed by atoms with Crippen LogP contribution in [0.1, 0.15) is 44.9 Å². The first-order chi connectivity index (χ1) is 11.4. The molecule has 2 aliphatic carbocycles. The third-order valence-corrected chi connectivity index (χ3v) is 6.80. The zero-order chi connectivity index (χ0) is 17.3. The summed E-state index contributed by atoms with van der Waals surface area (Å²) in [6.07, 6.45) is 6.75. The van der Waals surface area contributed by atoms with E-state index in [2.05, 4.69) is 0 Å². The summed E-state index contributed by atoms with van der Waals surface area (Å²) in [6, 6.07) is 3.78. The van der Waals surface area contributed by atoms with Gasteiger partial charge in [-0.2, -0.15) is 4.31 Å². The van der Waals surface area contributed by atoms with Crippen molar-refractivity contribution in [2.24, 2.45) is 0 Å². The molecule has 0 bridgehead atoms. The average molecular weight is 354 g/mol. The maximum Gasteiger partial charge on any atom is 0.273 e. The fraction of sp³-hybridized carbons (Fsp3) is 0.625. The van der Waals surface area contributed by atoms with E-state index in [1.165, 1.54) is 25.3 Å². The van der Waals surface area contributed by atoms with Crippen LogP contribution in [0.15, 0.2) is 23.1 Å². The van der Waals surface area contributed by atoms with Gasteiger partial charge in [0, 0.05) is 18.2 Å². The van der Waals surface area contributed by atoms with E-state index in [1.54, 1.807) is 4.31 Å². The van der Waals surface area contributed by atoms with Crippen LogP contribution in [0.5, 0.6) is 5.75 Å². The lowest BCUT2D eigenvalue weighted by Crippen LogP contribution is -2.43. The third-order valence-electron chi connectivity index (χ3n) is 4.75. The predicted octanol–water partition coefficient (Wildman–Crippen LogP) is 3.09. The highest BCUT2D eigenvalue weighted by molar-refractivity contribution is 7.89. The highest BCUT2D eigenvalue weighted by atomic mass is 32.2. The Hall–Kier alpha value is -1.67. The minimum Gasteiger partial charge on any atom is -0.495 e. The Morgan fingerprint density at radius 3 is 2.29 bits per heavy atom. The van der Waals surface area contributed by atoms with Gasteiger partial charge in [-0.3, -0.25) is 10.1 Å². The summed E-state index contributed by atoms with van der Waals surface area (Å²) >= 11 is 0. The van der Waals surface area contributed by atoms with Gasteiger partial charge in [-0.05, 0) is 31.7 Å². The molecule has 2 fully saturated rings. The molecule has 0 radical (unpaired) electrons. The van der Waals surface area contributed by atoms with Crippen molar-refractivity contribution in [3.05, 3.63) is 28.3 Å². The van der Waals surface area contributed by atoms with E-state index in [0.717, 1.165) is 44.9 Å². The summed E-state index contributed by atoms with van der Waals surface area (Å²) in [5.41, 5.74) is -0.179. The smallest absolute Gasteiger partial charge is 0.273 e. The zero-order valence-electron chi connectivity index (χ0n) is 13.7. The van der Waals surface area contributed by atoms with E-state index in [-0.39, 0.29) is 28.4 Å². The van der Waals surface area contributed by atoms with Gasteiger partial charge in [0.25, 0.3) is 5.69 Å². The van der Waals surface area contributed by atoms with Gasteiger partial charge in [0.1, 0.15) is 10.6 Å². The van der Waals surface area contributed by atoms with Crippen LogP contribution in [0.25, 0.3) is 0 Å². The summed E-state index contributed by atoms with van der Waals surface area (Å²) in [6.45, 7) is 0. The molecule has 0 aliphatic heterocycles. The molecule has 7 nitrogen and oxygen atoms in total. The van der Waals surface area contributed by atoms with E-state index in [4.69, 9.17) is 4.74 Å². The first kappa shape index (κ1) is 17.2. The Kier molecular flexibility index (Phi) is 4.78. The van der Waals surface area contributed by atoms with Crippen molar-refractivity contribution in [2.45, 2.75) is 61.9 Å². The van der Waals surface area contributed by atoms with Crippen molar-refractivity contribution in [1.82, 2.24) is 4.31 Å². The molecule has 3 rings (SSSR count). The molecular weight excluding hydrogens is 332 g/mol. The topological polar surface area (TPSA) is 89.7 Å². The molecule has 132 valence electrons. The van der Waals surface area contributed by atoms with Gasteiger partial charge in [-0.25, -0.2) is 8.42 Å². The van der Waals surface area contributed by atoms with Crippen LogP contribution in [0, 0.1) is 10.1 Å². The summed E-state index contributed by atoms with van der Waals surface area (Å²) in [7, 11) is -2.40. The molecule has 0 heterocycles. The number of rotatable bonds is 6. The van der Waals surface area contributed by atoms with Crippen molar-refractivity contribution < 1.29 is 18.1 Å². The summed E-state index contributed by atoms with van der Waals surface area (Å²) in [5.74, 6) is 0.0330. The second-order valence-electron chi connectivity index (χ2n) is 6.45. The van der Waals surface area contributed by atoms with Crippen molar-refractivity contribution in [2.75, 3.05) is 7.11 Å². The predicted molar refractivity (Wildman–Crippen MR) is 88.6 cm³/mol. The number of sulfonamides is 1. The van der Waals surface area contributed by atoms with Crippen LogP contribution in [0.3, 0.4) is 0 Å².